The second-order valence-corrected chi connectivity index (χ2v) is 2.72. The number of hydrogen-bond donors (Lipinski definition) is 1. The maximum absolute atomic E-state index is 5.34. The van der Waals surface area contributed by atoms with E-state index >= 15 is 0 Å². The summed E-state index contributed by atoms with van der Waals surface area (Å²) in [5, 5.41) is 10.3. The molecule has 0 aliphatic heterocycles. The van der Waals surface area contributed by atoms with Crippen LogP contribution in [0.3, 0.4) is 0 Å². The highest BCUT2D eigenvalue weighted by Gasteiger charge is 2.02. The zero-order valence-electron chi connectivity index (χ0n) is 9.09. The molecule has 1 aromatic heterocycles. The standard InChI is InChI=1S/C7H13N3O.C2H6/c1-5(2)11-4-7-6(3)8-10-9-7;1-2/h5H,4H2,1-3H3,(H,8,9,10);1-2H3. The minimum atomic E-state index is 0.242. The van der Waals surface area contributed by atoms with E-state index in [0.29, 0.717) is 6.61 Å². The highest BCUT2D eigenvalue weighted by Crippen LogP contribution is 2.02. The maximum atomic E-state index is 5.34. The molecule has 76 valence electrons. The predicted octanol–water partition coefficient (Wildman–Crippen LogP) is 2.06. The largest absolute Gasteiger partial charge is 0.372 e. The van der Waals surface area contributed by atoms with Crippen molar-refractivity contribution in [2.24, 2.45) is 0 Å². The Morgan fingerprint density at radius 1 is 1.31 bits per heavy atom. The number of hydrogen-bond acceptors (Lipinski definition) is 3. The maximum Gasteiger partial charge on any atom is 0.111 e. The van der Waals surface area contributed by atoms with Crippen molar-refractivity contribution in [1.29, 1.82) is 0 Å². The molecular formula is C9H19N3O. The van der Waals surface area contributed by atoms with Crippen LogP contribution in [0.4, 0.5) is 0 Å². The van der Waals surface area contributed by atoms with Crippen LogP contribution in [0.15, 0.2) is 0 Å². The van der Waals surface area contributed by atoms with Crippen molar-refractivity contribution >= 4 is 0 Å². The summed E-state index contributed by atoms with van der Waals surface area (Å²) in [5.74, 6) is 0. The van der Waals surface area contributed by atoms with Gasteiger partial charge in [-0.25, -0.2) is 0 Å². The van der Waals surface area contributed by atoms with Crippen molar-refractivity contribution in [1.82, 2.24) is 15.4 Å². The summed E-state index contributed by atoms with van der Waals surface area (Å²) in [5.41, 5.74) is 1.80. The van der Waals surface area contributed by atoms with Gasteiger partial charge < -0.3 is 4.74 Å². The van der Waals surface area contributed by atoms with E-state index in [1.165, 1.54) is 0 Å². The van der Waals surface area contributed by atoms with E-state index in [2.05, 4.69) is 15.4 Å². The van der Waals surface area contributed by atoms with Gasteiger partial charge in [0.05, 0.1) is 18.4 Å². The van der Waals surface area contributed by atoms with Crippen LogP contribution in [0.1, 0.15) is 39.1 Å². The SMILES string of the molecule is CC.Cc1n[nH]nc1COC(C)C. The topological polar surface area (TPSA) is 50.8 Å². The lowest BCUT2D eigenvalue weighted by atomic mass is 10.3. The van der Waals surface area contributed by atoms with E-state index in [1.807, 2.05) is 34.6 Å². The Balaban J connectivity index is 0.000000671. The highest BCUT2D eigenvalue weighted by molar-refractivity contribution is 5.03. The number of nitrogens with one attached hydrogen (secondary N) is 1. The molecule has 4 nitrogen and oxygen atoms in total. The number of rotatable bonds is 3. The number of aromatic amines is 1. The van der Waals surface area contributed by atoms with E-state index in [0.717, 1.165) is 11.4 Å². The average Bonchev–Trinajstić information content (AvgIpc) is 2.51. The fourth-order valence-electron chi connectivity index (χ4n) is 0.688. The molecule has 0 bridgehead atoms. The van der Waals surface area contributed by atoms with Crippen LogP contribution in [0.5, 0.6) is 0 Å². The lowest BCUT2D eigenvalue weighted by Gasteiger charge is -2.04. The molecule has 0 unspecified atom stereocenters. The van der Waals surface area contributed by atoms with E-state index < -0.39 is 0 Å². The molecule has 1 aromatic rings. The van der Waals surface area contributed by atoms with Crippen molar-refractivity contribution in [3.8, 4) is 0 Å². The Bertz CT molecular complexity index is 220. The minimum absolute atomic E-state index is 0.242. The lowest BCUT2D eigenvalue weighted by Crippen LogP contribution is -2.03. The average molecular weight is 185 g/mol. The molecule has 1 N–H and O–H groups in total. The second-order valence-electron chi connectivity index (χ2n) is 2.72. The molecule has 0 fully saturated rings. The molecule has 0 amide bonds. The Kier molecular flexibility index (Phi) is 6.14. The molecule has 1 heterocycles. The van der Waals surface area contributed by atoms with Gasteiger partial charge in [0.2, 0.25) is 0 Å². The minimum Gasteiger partial charge on any atom is -0.372 e. The monoisotopic (exact) mass is 185 g/mol. The molecule has 0 radical (unpaired) electrons. The van der Waals surface area contributed by atoms with Crippen LogP contribution < -0.4 is 0 Å². The molecule has 0 saturated heterocycles. The summed E-state index contributed by atoms with van der Waals surface area (Å²) in [6.07, 6.45) is 0.242. The van der Waals surface area contributed by atoms with Crippen LogP contribution in [0, 0.1) is 6.92 Å². The molecule has 1 rings (SSSR count). The highest BCUT2D eigenvalue weighted by atomic mass is 16.5. The first-order chi connectivity index (χ1) is 6.20. The Morgan fingerprint density at radius 3 is 2.31 bits per heavy atom. The molecule has 0 spiro atoms. The molecule has 0 aliphatic carbocycles. The van der Waals surface area contributed by atoms with E-state index in [9.17, 15) is 0 Å². The lowest BCUT2D eigenvalue weighted by molar-refractivity contribution is 0.0632. The zero-order valence-corrected chi connectivity index (χ0v) is 9.09. The van der Waals surface area contributed by atoms with Gasteiger partial charge in [-0.3, -0.25) is 0 Å². The molecule has 0 atom stereocenters. The quantitative estimate of drug-likeness (QED) is 0.784. The smallest absolute Gasteiger partial charge is 0.111 e. The predicted molar refractivity (Wildman–Crippen MR) is 52.4 cm³/mol. The van der Waals surface area contributed by atoms with E-state index in [1.54, 1.807) is 0 Å². The Morgan fingerprint density at radius 2 is 1.92 bits per heavy atom. The fraction of sp³-hybridized carbons (Fsp3) is 0.778. The number of nitrogens with zero attached hydrogens (tertiary/aromatic N) is 2. The van der Waals surface area contributed by atoms with Gasteiger partial charge in [-0.1, -0.05) is 13.8 Å². The third-order valence-electron chi connectivity index (χ3n) is 1.37. The number of aryl methyl sites for hydroxylation is 1. The third-order valence-corrected chi connectivity index (χ3v) is 1.37. The van der Waals surface area contributed by atoms with Crippen molar-refractivity contribution in [3.63, 3.8) is 0 Å². The summed E-state index contributed by atoms with van der Waals surface area (Å²) in [4.78, 5) is 0. The van der Waals surface area contributed by atoms with Crippen molar-refractivity contribution in [2.45, 2.75) is 47.3 Å². The molecular weight excluding hydrogens is 166 g/mol. The van der Waals surface area contributed by atoms with Crippen LogP contribution in [-0.4, -0.2) is 21.5 Å². The van der Waals surface area contributed by atoms with Crippen molar-refractivity contribution in [3.05, 3.63) is 11.4 Å². The van der Waals surface area contributed by atoms with Gasteiger partial charge in [0.1, 0.15) is 5.69 Å². The molecule has 0 aromatic carbocycles. The van der Waals surface area contributed by atoms with Crippen LogP contribution in [0.2, 0.25) is 0 Å². The molecule has 4 heteroatoms. The van der Waals surface area contributed by atoms with Gasteiger partial charge in [-0.05, 0) is 20.8 Å². The first kappa shape index (κ1) is 12.1. The molecule has 0 saturated carbocycles. The van der Waals surface area contributed by atoms with Crippen LogP contribution >= 0.6 is 0 Å². The van der Waals surface area contributed by atoms with E-state index in [4.69, 9.17) is 4.74 Å². The Labute approximate surface area is 79.7 Å². The van der Waals surface area contributed by atoms with Gasteiger partial charge in [-0.15, -0.1) is 0 Å². The summed E-state index contributed by atoms with van der Waals surface area (Å²) in [7, 11) is 0. The summed E-state index contributed by atoms with van der Waals surface area (Å²) >= 11 is 0. The molecule has 0 aliphatic rings. The van der Waals surface area contributed by atoms with Crippen LogP contribution in [0.25, 0.3) is 0 Å². The summed E-state index contributed by atoms with van der Waals surface area (Å²) < 4.78 is 5.34. The number of ether oxygens (including phenoxy) is 1. The zero-order chi connectivity index (χ0) is 10.3. The number of H-pyrrole nitrogens is 1. The van der Waals surface area contributed by atoms with Gasteiger partial charge in [0.25, 0.3) is 0 Å². The van der Waals surface area contributed by atoms with Gasteiger partial charge in [-0.2, -0.15) is 15.4 Å². The van der Waals surface area contributed by atoms with Gasteiger partial charge in [0.15, 0.2) is 0 Å². The third kappa shape index (κ3) is 4.62. The first-order valence-corrected chi connectivity index (χ1v) is 4.68. The van der Waals surface area contributed by atoms with Crippen molar-refractivity contribution in [2.75, 3.05) is 0 Å². The second kappa shape index (κ2) is 6.60. The van der Waals surface area contributed by atoms with E-state index in [-0.39, 0.29) is 6.10 Å². The van der Waals surface area contributed by atoms with Crippen LogP contribution in [-0.2, 0) is 11.3 Å². The van der Waals surface area contributed by atoms with Gasteiger partial charge >= 0.3 is 0 Å². The van der Waals surface area contributed by atoms with Crippen molar-refractivity contribution < 1.29 is 4.74 Å². The van der Waals surface area contributed by atoms with Gasteiger partial charge in [0, 0.05) is 0 Å². The normalized spacial score (nSPS) is 9.69. The summed E-state index contributed by atoms with van der Waals surface area (Å²) in [6, 6.07) is 0. The Hall–Kier alpha value is -0.900. The number of aromatic nitrogens is 3. The fourth-order valence-corrected chi connectivity index (χ4v) is 0.688. The summed E-state index contributed by atoms with van der Waals surface area (Å²) in [6.45, 7) is 10.4. The first-order valence-electron chi connectivity index (χ1n) is 4.68. The molecule has 13 heavy (non-hydrogen) atoms.